The Morgan fingerprint density at radius 3 is 1.72 bits per heavy atom. The molecule has 0 N–H and O–H groups in total. The zero-order chi connectivity index (χ0) is 14.0. The van der Waals surface area contributed by atoms with Crippen molar-refractivity contribution in [1.82, 2.24) is 4.98 Å². The van der Waals surface area contributed by atoms with Crippen LogP contribution in [0.5, 0.6) is 0 Å². The number of aliphatic imine (C=N–C) groups is 2. The van der Waals surface area contributed by atoms with Gasteiger partial charge in [-0.15, -0.1) is 0 Å². The van der Waals surface area contributed by atoms with Gasteiger partial charge in [-0.25, -0.2) is 9.98 Å². The Labute approximate surface area is 110 Å². The van der Waals surface area contributed by atoms with Crippen LogP contribution in [0.2, 0.25) is 0 Å². The smallest absolute Gasteiger partial charge is 0.0897 e. The summed E-state index contributed by atoms with van der Waals surface area (Å²) in [6.45, 7) is 8.01. The molecule has 18 heavy (non-hydrogen) atoms. The van der Waals surface area contributed by atoms with E-state index in [-0.39, 0.29) is 0 Å². The molecule has 1 aromatic rings. The van der Waals surface area contributed by atoms with Gasteiger partial charge in [0.2, 0.25) is 0 Å². The third-order valence-corrected chi connectivity index (χ3v) is 1.81. The van der Waals surface area contributed by atoms with E-state index < -0.39 is 0 Å². The number of hydrogen-bond acceptors (Lipinski definition) is 4. The van der Waals surface area contributed by atoms with Crippen LogP contribution in [0.3, 0.4) is 0 Å². The second-order valence-corrected chi connectivity index (χ2v) is 4.65. The standard InChI is InChI=1S/C7H10N2.C7H14N2/c1-9(2)7-3-5-8-6-4-7;1-6(2)8-5-9-7(3)4/h3-6H,1-2H3;6-7H,1-4H3. The maximum Gasteiger partial charge on any atom is 0.0897 e. The van der Waals surface area contributed by atoms with Gasteiger partial charge in [0.15, 0.2) is 0 Å². The molecule has 0 aliphatic rings. The maximum absolute atomic E-state index is 3.95. The summed E-state index contributed by atoms with van der Waals surface area (Å²) in [5, 5.41) is 0. The number of nitrogens with zero attached hydrogens (tertiary/aromatic N) is 4. The molecule has 0 aliphatic heterocycles. The molecule has 4 heteroatoms. The summed E-state index contributed by atoms with van der Waals surface area (Å²) in [6, 6.07) is 7.20. The van der Waals surface area contributed by atoms with Gasteiger partial charge in [0.05, 0.1) is 18.1 Å². The SMILES string of the molecule is CC(C)N=C=NC(C)C.CN(C)c1ccncc1. The number of hydrogen-bond donors (Lipinski definition) is 0. The van der Waals surface area contributed by atoms with Gasteiger partial charge in [0.25, 0.3) is 0 Å². The van der Waals surface area contributed by atoms with Gasteiger partial charge in [-0.1, -0.05) is 0 Å². The van der Waals surface area contributed by atoms with Crippen molar-refractivity contribution in [2.45, 2.75) is 39.8 Å². The maximum atomic E-state index is 3.95. The van der Waals surface area contributed by atoms with E-state index in [1.54, 1.807) is 12.4 Å². The van der Waals surface area contributed by atoms with Crippen LogP contribution in [0.4, 0.5) is 5.69 Å². The molecule has 0 saturated heterocycles. The molecular formula is C14H24N4. The zero-order valence-electron chi connectivity index (χ0n) is 12.3. The highest BCUT2D eigenvalue weighted by molar-refractivity contribution is 5.42. The Morgan fingerprint density at radius 1 is 1.00 bits per heavy atom. The average molecular weight is 248 g/mol. The van der Waals surface area contributed by atoms with Crippen molar-refractivity contribution in [2.24, 2.45) is 9.98 Å². The van der Waals surface area contributed by atoms with Crippen LogP contribution in [0.1, 0.15) is 27.7 Å². The molecule has 0 spiro atoms. The fourth-order valence-corrected chi connectivity index (χ4v) is 0.906. The summed E-state index contributed by atoms with van der Waals surface area (Å²) >= 11 is 0. The molecule has 100 valence electrons. The van der Waals surface area contributed by atoms with E-state index in [1.807, 2.05) is 58.8 Å². The molecule has 0 bridgehead atoms. The molecule has 0 radical (unpaired) electrons. The molecule has 0 aliphatic carbocycles. The van der Waals surface area contributed by atoms with Crippen LogP contribution in [0.15, 0.2) is 34.5 Å². The number of anilines is 1. The summed E-state index contributed by atoms with van der Waals surface area (Å²) in [4.78, 5) is 13.8. The van der Waals surface area contributed by atoms with Crippen molar-refractivity contribution in [2.75, 3.05) is 19.0 Å². The molecule has 0 amide bonds. The van der Waals surface area contributed by atoms with E-state index in [0.717, 1.165) is 0 Å². The fourth-order valence-electron chi connectivity index (χ4n) is 0.906. The lowest BCUT2D eigenvalue weighted by molar-refractivity contribution is 0.818. The van der Waals surface area contributed by atoms with E-state index in [4.69, 9.17) is 0 Å². The Balaban J connectivity index is 0.000000321. The minimum atomic E-state index is 0.312. The van der Waals surface area contributed by atoms with E-state index in [9.17, 15) is 0 Å². The molecular weight excluding hydrogens is 224 g/mol. The van der Waals surface area contributed by atoms with Gasteiger partial charge in [0, 0.05) is 32.2 Å². The van der Waals surface area contributed by atoms with Crippen LogP contribution in [0.25, 0.3) is 0 Å². The average Bonchev–Trinajstić information content (AvgIpc) is 2.30. The lowest BCUT2D eigenvalue weighted by Gasteiger charge is -2.10. The fraction of sp³-hybridized carbons (Fsp3) is 0.571. The van der Waals surface area contributed by atoms with Gasteiger partial charge in [0.1, 0.15) is 0 Å². The highest BCUT2D eigenvalue weighted by Crippen LogP contribution is 2.05. The second kappa shape index (κ2) is 9.37. The third kappa shape index (κ3) is 9.55. The number of aromatic nitrogens is 1. The van der Waals surface area contributed by atoms with Crippen molar-refractivity contribution in [3.63, 3.8) is 0 Å². The quantitative estimate of drug-likeness (QED) is 0.771. The first-order valence-corrected chi connectivity index (χ1v) is 6.15. The molecule has 0 atom stereocenters. The van der Waals surface area contributed by atoms with Gasteiger partial charge in [-0.05, 0) is 39.8 Å². The molecule has 0 saturated carbocycles. The van der Waals surface area contributed by atoms with Crippen LogP contribution >= 0.6 is 0 Å². The summed E-state index contributed by atoms with van der Waals surface area (Å²) < 4.78 is 0. The van der Waals surface area contributed by atoms with Crippen LogP contribution in [-0.4, -0.2) is 37.2 Å². The molecule has 0 unspecified atom stereocenters. The van der Waals surface area contributed by atoms with Crippen LogP contribution < -0.4 is 4.90 Å². The van der Waals surface area contributed by atoms with Crippen LogP contribution in [-0.2, 0) is 0 Å². The summed E-state index contributed by atoms with van der Waals surface area (Å²) in [5.41, 5.74) is 1.19. The molecule has 1 heterocycles. The molecule has 4 nitrogen and oxygen atoms in total. The molecule has 0 aromatic carbocycles. The van der Waals surface area contributed by atoms with Crippen molar-refractivity contribution in [1.29, 1.82) is 0 Å². The first-order chi connectivity index (χ1) is 8.43. The zero-order valence-corrected chi connectivity index (χ0v) is 12.3. The minimum absolute atomic E-state index is 0.312. The largest absolute Gasteiger partial charge is 0.378 e. The molecule has 1 aromatic heterocycles. The summed E-state index contributed by atoms with van der Waals surface area (Å²) in [5.74, 6) is 0. The van der Waals surface area contributed by atoms with Gasteiger partial charge < -0.3 is 4.90 Å². The van der Waals surface area contributed by atoms with E-state index in [0.29, 0.717) is 12.1 Å². The number of pyridine rings is 1. The first kappa shape index (κ1) is 16.3. The Bertz CT molecular complexity index is 351. The van der Waals surface area contributed by atoms with Crippen molar-refractivity contribution in [3.05, 3.63) is 24.5 Å². The number of rotatable bonds is 3. The monoisotopic (exact) mass is 248 g/mol. The topological polar surface area (TPSA) is 40.9 Å². The van der Waals surface area contributed by atoms with E-state index >= 15 is 0 Å². The van der Waals surface area contributed by atoms with Gasteiger partial charge in [-0.2, -0.15) is 0 Å². The van der Waals surface area contributed by atoms with E-state index in [2.05, 4.69) is 21.0 Å². The van der Waals surface area contributed by atoms with E-state index in [1.165, 1.54) is 5.69 Å². The second-order valence-electron chi connectivity index (χ2n) is 4.65. The lowest BCUT2D eigenvalue weighted by Crippen LogP contribution is -2.07. The highest BCUT2D eigenvalue weighted by atomic mass is 15.1. The highest BCUT2D eigenvalue weighted by Gasteiger charge is 1.88. The van der Waals surface area contributed by atoms with Crippen molar-refractivity contribution >= 4 is 11.7 Å². The summed E-state index contributed by atoms with van der Waals surface area (Å²) in [7, 11) is 4.02. The third-order valence-electron chi connectivity index (χ3n) is 1.81. The summed E-state index contributed by atoms with van der Waals surface area (Å²) in [6.07, 6.45) is 3.57. The normalized spacial score (nSPS) is 9.33. The van der Waals surface area contributed by atoms with Gasteiger partial charge >= 0.3 is 0 Å². The Morgan fingerprint density at radius 2 is 1.44 bits per heavy atom. The lowest BCUT2D eigenvalue weighted by atomic mass is 10.4. The van der Waals surface area contributed by atoms with Crippen molar-refractivity contribution < 1.29 is 0 Å². The Hall–Kier alpha value is -1.67. The van der Waals surface area contributed by atoms with Crippen LogP contribution in [0, 0.1) is 0 Å². The van der Waals surface area contributed by atoms with Gasteiger partial charge in [-0.3, -0.25) is 4.98 Å². The predicted octanol–water partition coefficient (Wildman–Crippen LogP) is 3.12. The first-order valence-electron chi connectivity index (χ1n) is 6.15. The van der Waals surface area contributed by atoms with Crippen molar-refractivity contribution in [3.8, 4) is 0 Å². The molecule has 0 fully saturated rings. The Kier molecular flexibility index (Phi) is 8.50. The minimum Gasteiger partial charge on any atom is -0.378 e. The molecule has 1 rings (SSSR count). The predicted molar refractivity (Wildman–Crippen MR) is 78.7 cm³/mol.